The van der Waals surface area contributed by atoms with E-state index in [4.69, 9.17) is 12.2 Å². The van der Waals surface area contributed by atoms with E-state index in [1.165, 1.54) is 16.2 Å². The number of rotatable bonds is 4. The predicted octanol–water partition coefficient (Wildman–Crippen LogP) is 3.08. The van der Waals surface area contributed by atoms with Crippen molar-refractivity contribution in [3.63, 3.8) is 0 Å². The van der Waals surface area contributed by atoms with Crippen molar-refractivity contribution < 1.29 is 14.7 Å². The number of hydrogen-bond donors (Lipinski definition) is 2. The number of carbonyl (C=O) groups excluding carboxylic acids is 2. The Labute approximate surface area is 157 Å². The fourth-order valence-electron chi connectivity index (χ4n) is 2.19. The van der Waals surface area contributed by atoms with Crippen LogP contribution < -0.4 is 5.32 Å². The summed E-state index contributed by atoms with van der Waals surface area (Å²) in [5.41, 5.74) is 0.681. The average molecular weight is 391 g/mol. The third-order valence-electron chi connectivity index (χ3n) is 3.42. The van der Waals surface area contributed by atoms with Crippen molar-refractivity contribution in [1.29, 1.82) is 0 Å². The van der Waals surface area contributed by atoms with Crippen LogP contribution in [0.25, 0.3) is 6.08 Å². The molecule has 9 heteroatoms. The fraction of sp³-hybridized carbons (Fsp3) is 0.125. The second-order valence-corrected chi connectivity index (χ2v) is 7.72. The van der Waals surface area contributed by atoms with Crippen molar-refractivity contribution in [2.75, 3.05) is 5.32 Å². The summed E-state index contributed by atoms with van der Waals surface area (Å²) in [6.45, 7) is 1.62. The van der Waals surface area contributed by atoms with Crippen molar-refractivity contribution in [3.05, 3.63) is 46.3 Å². The van der Waals surface area contributed by atoms with E-state index in [1.54, 1.807) is 48.8 Å². The summed E-state index contributed by atoms with van der Waals surface area (Å²) >= 11 is 7.69. The number of aromatic hydroxyl groups is 1. The second-order valence-electron chi connectivity index (χ2n) is 5.15. The van der Waals surface area contributed by atoms with E-state index >= 15 is 0 Å². The number of aromatic nitrogens is 1. The number of thiocarbonyl (C=S) groups is 1. The lowest BCUT2D eigenvalue weighted by molar-refractivity contribution is -0.129. The Balaban J connectivity index is 1.77. The molecule has 1 aliphatic rings. The van der Waals surface area contributed by atoms with E-state index in [0.29, 0.717) is 19.9 Å². The SMILES string of the molecule is CC(C(=O)Nc1nccs1)N1C(=O)/C(=C/c2cccc(O)c2)SC1=S. The highest BCUT2D eigenvalue weighted by Crippen LogP contribution is 2.34. The minimum absolute atomic E-state index is 0.112. The standard InChI is InChI=1S/C16H13N3O3S3/c1-9(13(21)18-15-17-5-6-24-15)19-14(22)12(25-16(19)23)8-10-3-2-4-11(20)7-10/h2-9,20H,1H3,(H,17,18,21)/b12-8-. The molecule has 0 aliphatic carbocycles. The molecule has 1 atom stereocenters. The lowest BCUT2D eigenvalue weighted by Crippen LogP contribution is -2.44. The number of thioether (sulfide) groups is 1. The van der Waals surface area contributed by atoms with Crippen LogP contribution in [0, 0.1) is 0 Å². The quantitative estimate of drug-likeness (QED) is 0.616. The van der Waals surface area contributed by atoms with Gasteiger partial charge in [0, 0.05) is 11.6 Å². The summed E-state index contributed by atoms with van der Waals surface area (Å²) in [7, 11) is 0. The largest absolute Gasteiger partial charge is 0.508 e. The number of anilines is 1. The van der Waals surface area contributed by atoms with Gasteiger partial charge in [-0.3, -0.25) is 14.5 Å². The van der Waals surface area contributed by atoms with Crippen molar-refractivity contribution in [2.45, 2.75) is 13.0 Å². The topological polar surface area (TPSA) is 82.5 Å². The molecule has 0 bridgehead atoms. The number of thiazole rings is 1. The van der Waals surface area contributed by atoms with Gasteiger partial charge in [0.25, 0.3) is 5.91 Å². The normalized spacial score (nSPS) is 17.2. The van der Waals surface area contributed by atoms with Crippen LogP contribution in [0.1, 0.15) is 12.5 Å². The maximum atomic E-state index is 12.6. The molecule has 2 aromatic rings. The van der Waals surface area contributed by atoms with Gasteiger partial charge < -0.3 is 10.4 Å². The lowest BCUT2D eigenvalue weighted by Gasteiger charge is -2.21. The van der Waals surface area contributed by atoms with Crippen molar-refractivity contribution in [3.8, 4) is 5.75 Å². The minimum Gasteiger partial charge on any atom is -0.508 e. The maximum absolute atomic E-state index is 12.6. The molecule has 1 aromatic carbocycles. The Hall–Kier alpha value is -2.23. The van der Waals surface area contributed by atoms with Gasteiger partial charge in [-0.15, -0.1) is 11.3 Å². The monoisotopic (exact) mass is 391 g/mol. The van der Waals surface area contributed by atoms with Crippen molar-refractivity contribution >= 4 is 62.7 Å². The third-order valence-corrected chi connectivity index (χ3v) is 5.44. The molecule has 1 saturated heterocycles. The van der Waals surface area contributed by atoms with Gasteiger partial charge in [-0.25, -0.2) is 4.98 Å². The van der Waals surface area contributed by atoms with Crippen LogP contribution in [0.15, 0.2) is 40.7 Å². The molecule has 1 unspecified atom stereocenters. The molecular weight excluding hydrogens is 378 g/mol. The van der Waals surface area contributed by atoms with Gasteiger partial charge in [-0.1, -0.05) is 36.1 Å². The molecule has 1 aromatic heterocycles. The van der Waals surface area contributed by atoms with Gasteiger partial charge in [0.05, 0.1) is 4.91 Å². The van der Waals surface area contributed by atoms with Crippen LogP contribution in [-0.4, -0.2) is 37.2 Å². The van der Waals surface area contributed by atoms with Crippen LogP contribution in [0.5, 0.6) is 5.75 Å². The van der Waals surface area contributed by atoms with Crippen molar-refractivity contribution in [2.24, 2.45) is 0 Å². The van der Waals surface area contributed by atoms with Crippen molar-refractivity contribution in [1.82, 2.24) is 9.88 Å². The molecule has 2 amide bonds. The first-order chi connectivity index (χ1) is 12.0. The summed E-state index contributed by atoms with van der Waals surface area (Å²) in [5.74, 6) is -0.578. The fourth-order valence-corrected chi connectivity index (χ4v) is 4.14. The molecule has 2 heterocycles. The van der Waals surface area contributed by atoms with Gasteiger partial charge in [0.1, 0.15) is 16.1 Å². The molecule has 1 aliphatic heterocycles. The van der Waals surface area contributed by atoms with Crippen LogP contribution in [0.2, 0.25) is 0 Å². The number of nitrogens with zero attached hydrogens (tertiary/aromatic N) is 2. The maximum Gasteiger partial charge on any atom is 0.266 e. The molecule has 1 fully saturated rings. The molecule has 0 saturated carbocycles. The van der Waals surface area contributed by atoms with Gasteiger partial charge in [-0.2, -0.15) is 0 Å². The highest BCUT2D eigenvalue weighted by atomic mass is 32.2. The number of amides is 2. The zero-order chi connectivity index (χ0) is 18.0. The molecule has 6 nitrogen and oxygen atoms in total. The first-order valence-electron chi connectivity index (χ1n) is 7.22. The summed E-state index contributed by atoms with van der Waals surface area (Å²) < 4.78 is 0.318. The third kappa shape index (κ3) is 3.89. The highest BCUT2D eigenvalue weighted by molar-refractivity contribution is 8.26. The Morgan fingerprint density at radius 3 is 2.96 bits per heavy atom. The molecule has 3 rings (SSSR count). The zero-order valence-electron chi connectivity index (χ0n) is 13.0. The van der Waals surface area contributed by atoms with E-state index in [1.807, 2.05) is 0 Å². The second kappa shape index (κ2) is 7.34. The molecule has 25 heavy (non-hydrogen) atoms. The summed E-state index contributed by atoms with van der Waals surface area (Å²) in [6.07, 6.45) is 3.23. The lowest BCUT2D eigenvalue weighted by atomic mass is 10.2. The van der Waals surface area contributed by atoms with Crippen LogP contribution in [-0.2, 0) is 9.59 Å². The smallest absolute Gasteiger partial charge is 0.266 e. The Morgan fingerprint density at radius 2 is 2.28 bits per heavy atom. The van der Waals surface area contributed by atoms with Gasteiger partial charge in [-0.05, 0) is 30.7 Å². The van der Waals surface area contributed by atoms with E-state index in [0.717, 1.165) is 11.8 Å². The van der Waals surface area contributed by atoms with Gasteiger partial charge >= 0.3 is 0 Å². The highest BCUT2D eigenvalue weighted by Gasteiger charge is 2.38. The number of phenols is 1. The van der Waals surface area contributed by atoms with E-state index in [9.17, 15) is 14.7 Å². The number of phenolic OH excluding ortho intramolecular Hbond substituents is 1. The Bertz CT molecular complexity index is 865. The molecular formula is C16H13N3O3S3. The van der Waals surface area contributed by atoms with Crippen LogP contribution >= 0.6 is 35.3 Å². The summed E-state index contributed by atoms with van der Waals surface area (Å²) in [4.78, 5) is 30.7. The van der Waals surface area contributed by atoms with E-state index in [-0.39, 0.29) is 17.6 Å². The first-order valence-corrected chi connectivity index (χ1v) is 9.32. The van der Waals surface area contributed by atoms with Gasteiger partial charge in [0.2, 0.25) is 5.91 Å². The first kappa shape index (κ1) is 17.6. The molecule has 128 valence electrons. The molecule has 2 N–H and O–H groups in total. The summed E-state index contributed by atoms with van der Waals surface area (Å²) in [5, 5.41) is 14.4. The average Bonchev–Trinajstić information content (AvgIpc) is 3.15. The number of benzene rings is 1. The van der Waals surface area contributed by atoms with Crippen LogP contribution in [0.3, 0.4) is 0 Å². The number of nitrogens with one attached hydrogen (secondary N) is 1. The zero-order valence-corrected chi connectivity index (χ0v) is 15.5. The molecule has 0 radical (unpaired) electrons. The number of carbonyl (C=O) groups is 2. The Morgan fingerprint density at radius 1 is 1.48 bits per heavy atom. The van der Waals surface area contributed by atoms with Crippen LogP contribution in [0.4, 0.5) is 5.13 Å². The predicted molar refractivity (Wildman–Crippen MR) is 103 cm³/mol. The molecule has 0 spiro atoms. The minimum atomic E-state index is -0.758. The van der Waals surface area contributed by atoms with E-state index in [2.05, 4.69) is 10.3 Å². The van der Waals surface area contributed by atoms with Gasteiger partial charge in [0.15, 0.2) is 5.13 Å². The van der Waals surface area contributed by atoms with E-state index < -0.39 is 6.04 Å². The summed E-state index contributed by atoms with van der Waals surface area (Å²) in [6, 6.07) is 5.79. The number of hydrogen-bond acceptors (Lipinski definition) is 7. The Kier molecular flexibility index (Phi) is 5.16.